The molecule has 1 saturated heterocycles. The van der Waals surface area contributed by atoms with Crippen LogP contribution in [0.4, 0.5) is 5.82 Å². The van der Waals surface area contributed by atoms with Gasteiger partial charge in [0.25, 0.3) is 0 Å². The van der Waals surface area contributed by atoms with E-state index in [4.69, 9.17) is 0 Å². The van der Waals surface area contributed by atoms with Crippen LogP contribution < -0.4 is 4.90 Å². The summed E-state index contributed by atoms with van der Waals surface area (Å²) in [6.07, 6.45) is 1.30. The first-order valence-corrected chi connectivity index (χ1v) is 11.9. The third-order valence-corrected chi connectivity index (χ3v) is 6.93. The number of anilines is 1. The van der Waals surface area contributed by atoms with Crippen LogP contribution in [0.5, 0.6) is 0 Å². The number of hydrogen-bond donors (Lipinski definition) is 0. The molecule has 0 atom stereocenters. The molecule has 0 bridgehead atoms. The number of carbonyl (C=O) groups is 1. The highest BCUT2D eigenvalue weighted by atomic mass is 32.1. The lowest BCUT2D eigenvalue weighted by molar-refractivity contribution is -0.131. The summed E-state index contributed by atoms with van der Waals surface area (Å²) < 4.78 is 7.83. The van der Waals surface area contributed by atoms with Crippen molar-refractivity contribution in [2.24, 2.45) is 0 Å². The fraction of sp³-hybridized carbons (Fsp3) is 0.320. The maximum absolute atomic E-state index is 12.8. The van der Waals surface area contributed by atoms with Crippen molar-refractivity contribution in [2.75, 3.05) is 31.1 Å². The van der Waals surface area contributed by atoms with Gasteiger partial charge >= 0.3 is 0 Å². The SMILES string of the molecule is Cc1cc(C)n(-c2ccc(CCC(=O)N3CCN(c4nsc5ccccc45)CC3)cc2)n1. The lowest BCUT2D eigenvalue weighted by atomic mass is 10.1. The van der Waals surface area contributed by atoms with Gasteiger partial charge in [-0.15, -0.1) is 0 Å². The van der Waals surface area contributed by atoms with Gasteiger partial charge in [0.05, 0.1) is 16.1 Å². The Morgan fingerprint density at radius 1 is 1.00 bits per heavy atom. The van der Waals surface area contributed by atoms with Gasteiger partial charge in [0.2, 0.25) is 5.91 Å². The molecule has 5 rings (SSSR count). The number of benzene rings is 2. The van der Waals surface area contributed by atoms with Crippen molar-refractivity contribution in [1.82, 2.24) is 19.1 Å². The van der Waals surface area contributed by atoms with Crippen LogP contribution in [0.3, 0.4) is 0 Å². The van der Waals surface area contributed by atoms with Gasteiger partial charge in [-0.25, -0.2) is 4.68 Å². The molecule has 1 fully saturated rings. The van der Waals surface area contributed by atoms with Crippen molar-refractivity contribution < 1.29 is 4.79 Å². The Labute approximate surface area is 192 Å². The van der Waals surface area contributed by atoms with Crippen LogP contribution in [0.25, 0.3) is 15.8 Å². The maximum Gasteiger partial charge on any atom is 0.223 e. The van der Waals surface area contributed by atoms with Crippen molar-refractivity contribution in [1.29, 1.82) is 0 Å². The van der Waals surface area contributed by atoms with E-state index in [9.17, 15) is 4.79 Å². The Hall–Kier alpha value is -3.19. The third-order valence-electron chi connectivity index (χ3n) is 6.11. The summed E-state index contributed by atoms with van der Waals surface area (Å²) in [6.45, 7) is 7.22. The normalized spacial score (nSPS) is 14.3. The summed E-state index contributed by atoms with van der Waals surface area (Å²) in [6, 6.07) is 18.8. The minimum Gasteiger partial charge on any atom is -0.352 e. The second-order valence-electron chi connectivity index (χ2n) is 8.38. The number of aryl methyl sites for hydroxylation is 3. The molecule has 1 aliphatic rings. The van der Waals surface area contributed by atoms with Crippen LogP contribution in [0.1, 0.15) is 23.4 Å². The molecule has 164 valence electrons. The summed E-state index contributed by atoms with van der Waals surface area (Å²) in [5, 5.41) is 5.74. The molecular formula is C25H27N5OS. The number of carbonyl (C=O) groups excluding carboxylic acids is 1. The molecule has 1 amide bonds. The van der Waals surface area contributed by atoms with Crippen molar-refractivity contribution in [3.05, 3.63) is 71.5 Å². The number of fused-ring (bicyclic) bond motifs is 1. The first-order valence-electron chi connectivity index (χ1n) is 11.1. The van der Waals surface area contributed by atoms with Crippen LogP contribution >= 0.6 is 11.5 Å². The Morgan fingerprint density at radius 2 is 1.75 bits per heavy atom. The topological polar surface area (TPSA) is 54.3 Å². The fourth-order valence-corrected chi connectivity index (χ4v) is 5.17. The summed E-state index contributed by atoms with van der Waals surface area (Å²) in [4.78, 5) is 17.1. The van der Waals surface area contributed by atoms with E-state index < -0.39 is 0 Å². The molecule has 4 aromatic rings. The molecule has 1 aliphatic heterocycles. The molecule has 3 heterocycles. The summed E-state index contributed by atoms with van der Waals surface area (Å²) in [7, 11) is 0. The number of hydrogen-bond acceptors (Lipinski definition) is 5. The molecule has 6 nitrogen and oxygen atoms in total. The number of amides is 1. The van der Waals surface area contributed by atoms with Crippen LogP contribution in [0.15, 0.2) is 54.6 Å². The van der Waals surface area contributed by atoms with Crippen molar-refractivity contribution >= 4 is 33.3 Å². The second-order valence-corrected chi connectivity index (χ2v) is 9.18. The largest absolute Gasteiger partial charge is 0.352 e. The van der Waals surface area contributed by atoms with E-state index in [0.717, 1.165) is 55.5 Å². The molecule has 2 aromatic carbocycles. The molecule has 32 heavy (non-hydrogen) atoms. The smallest absolute Gasteiger partial charge is 0.223 e. The van der Waals surface area contributed by atoms with Crippen molar-refractivity contribution in [3.63, 3.8) is 0 Å². The monoisotopic (exact) mass is 445 g/mol. The number of nitrogens with zero attached hydrogens (tertiary/aromatic N) is 5. The Kier molecular flexibility index (Phi) is 5.66. The van der Waals surface area contributed by atoms with E-state index in [1.807, 2.05) is 22.6 Å². The standard InChI is InChI=1S/C25H27N5OS/c1-18-17-19(2)30(26-18)21-10-7-20(8-11-21)9-12-24(31)28-13-15-29(16-14-28)25-22-5-3-4-6-23(22)32-27-25/h3-8,10-11,17H,9,12-16H2,1-2H3. The zero-order valence-electron chi connectivity index (χ0n) is 18.5. The van der Waals surface area contributed by atoms with E-state index >= 15 is 0 Å². The highest BCUT2D eigenvalue weighted by Gasteiger charge is 2.23. The van der Waals surface area contributed by atoms with Gasteiger partial charge in [-0.2, -0.15) is 9.47 Å². The first kappa shape index (κ1) is 20.7. The molecule has 0 saturated carbocycles. The van der Waals surface area contributed by atoms with Gasteiger partial charge < -0.3 is 9.80 Å². The highest BCUT2D eigenvalue weighted by Crippen LogP contribution is 2.29. The van der Waals surface area contributed by atoms with Crippen molar-refractivity contribution in [2.45, 2.75) is 26.7 Å². The van der Waals surface area contributed by atoms with Crippen LogP contribution in [-0.4, -0.2) is 51.1 Å². The molecule has 0 aliphatic carbocycles. The quantitative estimate of drug-likeness (QED) is 0.457. The maximum atomic E-state index is 12.8. The third kappa shape index (κ3) is 4.12. The predicted molar refractivity (Wildman–Crippen MR) is 130 cm³/mol. The van der Waals surface area contributed by atoms with Gasteiger partial charge in [0.1, 0.15) is 5.82 Å². The molecule has 2 aromatic heterocycles. The van der Waals surface area contributed by atoms with Gasteiger partial charge in [-0.3, -0.25) is 4.79 Å². The minimum absolute atomic E-state index is 0.232. The van der Waals surface area contributed by atoms with Crippen LogP contribution in [0.2, 0.25) is 0 Å². The predicted octanol–water partition coefficient (Wildman–Crippen LogP) is 4.38. The van der Waals surface area contributed by atoms with Crippen LogP contribution in [-0.2, 0) is 11.2 Å². The number of aromatic nitrogens is 3. The first-order chi connectivity index (χ1) is 15.6. The molecule has 0 N–H and O–H groups in total. The van der Waals surface area contributed by atoms with E-state index in [2.05, 4.69) is 69.8 Å². The number of piperazine rings is 1. The average molecular weight is 446 g/mol. The molecule has 0 radical (unpaired) electrons. The Balaban J connectivity index is 1.15. The zero-order valence-corrected chi connectivity index (χ0v) is 19.3. The van der Waals surface area contributed by atoms with E-state index in [-0.39, 0.29) is 5.91 Å². The Bertz CT molecular complexity index is 1230. The second kappa shape index (κ2) is 8.74. The molecule has 0 unspecified atom stereocenters. The van der Waals surface area contributed by atoms with Gasteiger partial charge in [-0.05, 0) is 67.7 Å². The average Bonchev–Trinajstić information content (AvgIpc) is 3.40. The van der Waals surface area contributed by atoms with Crippen LogP contribution in [0, 0.1) is 13.8 Å². The van der Waals surface area contributed by atoms with Gasteiger partial charge in [0.15, 0.2) is 0 Å². The number of rotatable bonds is 5. The Morgan fingerprint density at radius 3 is 2.47 bits per heavy atom. The fourth-order valence-electron chi connectivity index (χ4n) is 4.37. The van der Waals surface area contributed by atoms with E-state index in [1.54, 1.807) is 11.5 Å². The molecule has 7 heteroatoms. The van der Waals surface area contributed by atoms with Gasteiger partial charge in [0, 0.05) is 43.7 Å². The molecular weight excluding hydrogens is 418 g/mol. The zero-order chi connectivity index (χ0) is 22.1. The lowest BCUT2D eigenvalue weighted by Crippen LogP contribution is -2.49. The van der Waals surface area contributed by atoms with E-state index in [0.29, 0.717) is 6.42 Å². The lowest BCUT2D eigenvalue weighted by Gasteiger charge is -2.35. The van der Waals surface area contributed by atoms with Crippen molar-refractivity contribution in [3.8, 4) is 5.69 Å². The summed E-state index contributed by atoms with van der Waals surface area (Å²) in [5.41, 5.74) is 4.36. The molecule has 0 spiro atoms. The van der Waals surface area contributed by atoms with Gasteiger partial charge in [-0.1, -0.05) is 24.3 Å². The summed E-state index contributed by atoms with van der Waals surface area (Å²) in [5.74, 6) is 1.29. The highest BCUT2D eigenvalue weighted by molar-refractivity contribution is 7.13. The van der Waals surface area contributed by atoms with E-state index in [1.165, 1.54) is 15.6 Å². The summed E-state index contributed by atoms with van der Waals surface area (Å²) >= 11 is 1.54. The minimum atomic E-state index is 0.232.